The Morgan fingerprint density at radius 2 is 1.56 bits per heavy atom. The number of nitrogens with zero attached hydrogens (tertiary/aromatic N) is 2. The number of nitrogens with one attached hydrogen (secondary N) is 3. The van der Waals surface area contributed by atoms with E-state index in [1.807, 2.05) is 0 Å². The molecule has 3 N–H and O–H groups in total. The number of hydrogen-bond donors (Lipinski definition) is 3. The third kappa shape index (κ3) is 6.47. The van der Waals surface area contributed by atoms with Crippen LogP contribution in [0.1, 0.15) is 31.1 Å². The number of para-hydroxylation sites is 2. The Balaban J connectivity index is 1.42. The fourth-order valence-corrected chi connectivity index (χ4v) is 5.93. The van der Waals surface area contributed by atoms with Gasteiger partial charge in [-0.3, -0.25) is 21.0 Å². The number of rotatable bonds is 7. The van der Waals surface area contributed by atoms with E-state index in [4.69, 9.17) is 16.3 Å². The monoisotopic (exact) mass is 617 g/mol. The van der Waals surface area contributed by atoms with Crippen molar-refractivity contribution in [2.24, 2.45) is 0 Å². The highest BCUT2D eigenvalue weighted by atomic mass is 35.5. The van der Waals surface area contributed by atoms with Gasteiger partial charge in [0.25, 0.3) is 15.9 Å². The lowest BCUT2D eigenvalue weighted by Gasteiger charge is -2.20. The highest BCUT2D eigenvalue weighted by molar-refractivity contribution is 7.90. The molecule has 10 nitrogen and oxygen atoms in total. The van der Waals surface area contributed by atoms with Gasteiger partial charge in [-0.15, -0.1) is 0 Å². The summed E-state index contributed by atoms with van der Waals surface area (Å²) in [6.07, 6.45) is 0.792. The molecule has 0 aliphatic rings. The van der Waals surface area contributed by atoms with Gasteiger partial charge in [-0.05, 0) is 63.2 Å². The van der Waals surface area contributed by atoms with E-state index in [0.717, 1.165) is 0 Å². The summed E-state index contributed by atoms with van der Waals surface area (Å²) in [5.74, 6) is -0.302. The summed E-state index contributed by atoms with van der Waals surface area (Å²) < 4.78 is 33.6. The minimum absolute atomic E-state index is 0.140. The minimum Gasteiger partial charge on any atom is -0.444 e. The Bertz CT molecular complexity index is 1940. The van der Waals surface area contributed by atoms with Crippen molar-refractivity contribution in [2.75, 3.05) is 10.7 Å². The smallest absolute Gasteiger partial charge is 0.412 e. The number of fused-ring (bicyclic) bond motifs is 1. The molecule has 0 fully saturated rings. The van der Waals surface area contributed by atoms with Gasteiger partial charge < -0.3 is 4.74 Å². The van der Waals surface area contributed by atoms with Gasteiger partial charge in [0.15, 0.2) is 0 Å². The van der Waals surface area contributed by atoms with Gasteiger partial charge in [-0.1, -0.05) is 60.1 Å². The zero-order chi connectivity index (χ0) is 30.8. The average Bonchev–Trinajstić information content (AvgIpc) is 3.37. The first-order valence-corrected chi connectivity index (χ1v) is 15.0. The first kappa shape index (κ1) is 29.6. The molecule has 2 aromatic heterocycles. The summed E-state index contributed by atoms with van der Waals surface area (Å²) in [4.78, 5) is 30.1. The Morgan fingerprint density at radius 3 is 2.30 bits per heavy atom. The van der Waals surface area contributed by atoms with E-state index >= 15 is 0 Å². The van der Waals surface area contributed by atoms with Crippen molar-refractivity contribution in [1.82, 2.24) is 14.4 Å². The maximum Gasteiger partial charge on any atom is 0.412 e. The highest BCUT2D eigenvalue weighted by Gasteiger charge is 2.23. The second kappa shape index (κ2) is 11.8. The first-order valence-electron chi connectivity index (χ1n) is 13.2. The Labute approximate surface area is 253 Å². The normalized spacial score (nSPS) is 11.6. The van der Waals surface area contributed by atoms with Crippen molar-refractivity contribution in [2.45, 2.75) is 31.3 Å². The molecule has 0 unspecified atom stereocenters. The number of hydrazine groups is 1. The van der Waals surface area contributed by atoms with E-state index < -0.39 is 27.6 Å². The van der Waals surface area contributed by atoms with Gasteiger partial charge >= 0.3 is 6.09 Å². The van der Waals surface area contributed by atoms with Crippen LogP contribution in [0.4, 0.5) is 16.3 Å². The topological polar surface area (TPSA) is 131 Å². The first-order chi connectivity index (χ1) is 20.4. The molecule has 0 saturated heterocycles. The van der Waals surface area contributed by atoms with E-state index in [9.17, 15) is 18.0 Å². The molecule has 0 saturated carbocycles. The largest absolute Gasteiger partial charge is 0.444 e. The van der Waals surface area contributed by atoms with E-state index in [-0.39, 0.29) is 27.0 Å². The van der Waals surface area contributed by atoms with Crippen LogP contribution in [-0.2, 0) is 14.8 Å². The summed E-state index contributed by atoms with van der Waals surface area (Å²) in [6.45, 7) is 5.22. The molecule has 0 atom stereocenters. The molecule has 2 amide bonds. The Hall–Kier alpha value is -4.87. The number of carbonyl (C=O) groups excluding carboxylic acids is 2. The molecule has 220 valence electrons. The zero-order valence-electron chi connectivity index (χ0n) is 23.5. The van der Waals surface area contributed by atoms with Gasteiger partial charge in [-0.25, -0.2) is 22.2 Å². The van der Waals surface area contributed by atoms with Gasteiger partial charge in [0.2, 0.25) is 0 Å². The van der Waals surface area contributed by atoms with E-state index in [1.54, 1.807) is 99.6 Å². The van der Waals surface area contributed by atoms with Gasteiger partial charge in [0.05, 0.1) is 32.4 Å². The summed E-state index contributed by atoms with van der Waals surface area (Å²) in [7, 11) is -3.92. The Morgan fingerprint density at radius 1 is 0.884 bits per heavy atom. The lowest BCUT2D eigenvalue weighted by molar-refractivity contribution is 0.0636. The average molecular weight is 618 g/mol. The molecule has 43 heavy (non-hydrogen) atoms. The van der Waals surface area contributed by atoms with E-state index in [2.05, 4.69) is 21.2 Å². The van der Waals surface area contributed by atoms with Crippen LogP contribution in [0.15, 0.2) is 102 Å². The van der Waals surface area contributed by atoms with Crippen LogP contribution in [0.5, 0.6) is 0 Å². The molecular formula is C31H28ClN5O5S. The molecule has 3 aromatic carbocycles. The molecular weight excluding hydrogens is 590 g/mol. The van der Waals surface area contributed by atoms with Crippen LogP contribution in [-0.4, -0.2) is 35.0 Å². The molecule has 0 spiro atoms. The number of pyridine rings is 1. The fraction of sp³-hybridized carbons (Fsp3) is 0.129. The fourth-order valence-electron chi connectivity index (χ4n) is 4.34. The van der Waals surface area contributed by atoms with Gasteiger partial charge in [0.1, 0.15) is 11.4 Å². The third-order valence-corrected chi connectivity index (χ3v) is 8.18. The SMILES string of the molecule is CC(C)(C)OC(=O)Nc1ccccc1C(=O)NNc1ccc(Cl)c(-c2cn(S(=O)(=O)c3ccccc3)c3ccccc23)n1. The number of amides is 2. The van der Waals surface area contributed by atoms with Crippen molar-refractivity contribution < 1.29 is 22.7 Å². The number of ether oxygens (including phenoxy) is 1. The molecule has 12 heteroatoms. The number of benzene rings is 3. The summed E-state index contributed by atoms with van der Waals surface area (Å²) in [5, 5.41) is 3.50. The number of halogens is 1. The predicted octanol–water partition coefficient (Wildman–Crippen LogP) is 6.70. The molecule has 2 heterocycles. The van der Waals surface area contributed by atoms with E-state index in [0.29, 0.717) is 22.2 Å². The van der Waals surface area contributed by atoms with Crippen LogP contribution >= 0.6 is 11.6 Å². The second-order valence-corrected chi connectivity index (χ2v) is 12.7. The predicted molar refractivity (Wildman–Crippen MR) is 167 cm³/mol. The van der Waals surface area contributed by atoms with Gasteiger partial charge in [0, 0.05) is 17.1 Å². The van der Waals surface area contributed by atoms with Crippen LogP contribution in [0.3, 0.4) is 0 Å². The quantitative estimate of drug-likeness (QED) is 0.173. The molecule has 5 rings (SSSR count). The number of anilines is 2. The standard InChI is InChI=1S/C31H28ClN5O5S/c1-31(2,3)42-30(39)33-25-15-9-7-14-22(25)29(38)36-35-27-18-17-24(32)28(34-27)23-19-37(26-16-10-8-13-21(23)26)43(40,41)20-11-5-4-6-12-20/h4-19H,1-3H3,(H,33,39)(H,34,35)(H,36,38). The van der Waals surface area contributed by atoms with Crippen LogP contribution in [0, 0.1) is 0 Å². The third-order valence-electron chi connectivity index (χ3n) is 6.19. The minimum atomic E-state index is -3.92. The molecule has 0 aliphatic carbocycles. The van der Waals surface area contributed by atoms with Crippen molar-refractivity contribution in [3.63, 3.8) is 0 Å². The maximum atomic E-state index is 13.5. The van der Waals surface area contributed by atoms with Crippen molar-refractivity contribution in [3.05, 3.63) is 108 Å². The summed E-state index contributed by atoms with van der Waals surface area (Å²) >= 11 is 6.56. The second-order valence-electron chi connectivity index (χ2n) is 10.5. The zero-order valence-corrected chi connectivity index (χ0v) is 25.0. The number of carbonyl (C=O) groups is 2. The maximum absolute atomic E-state index is 13.5. The molecule has 0 aliphatic heterocycles. The molecule has 0 radical (unpaired) electrons. The lowest BCUT2D eigenvalue weighted by atomic mass is 10.1. The van der Waals surface area contributed by atoms with Crippen molar-refractivity contribution in [3.8, 4) is 11.3 Å². The molecule has 5 aromatic rings. The van der Waals surface area contributed by atoms with Crippen LogP contribution in [0.2, 0.25) is 5.02 Å². The van der Waals surface area contributed by atoms with Crippen molar-refractivity contribution in [1.29, 1.82) is 0 Å². The summed E-state index contributed by atoms with van der Waals surface area (Å²) in [6, 6.07) is 24.8. The lowest BCUT2D eigenvalue weighted by Crippen LogP contribution is -2.32. The molecule has 0 bridgehead atoms. The van der Waals surface area contributed by atoms with E-state index in [1.165, 1.54) is 22.3 Å². The highest BCUT2D eigenvalue weighted by Crippen LogP contribution is 2.36. The summed E-state index contributed by atoms with van der Waals surface area (Å²) in [5.41, 5.74) is 6.34. The van der Waals surface area contributed by atoms with Gasteiger partial charge in [-0.2, -0.15) is 0 Å². The number of hydrogen-bond acceptors (Lipinski definition) is 7. The van der Waals surface area contributed by atoms with Crippen LogP contribution < -0.4 is 16.2 Å². The Kier molecular flexibility index (Phi) is 8.12. The number of aromatic nitrogens is 2. The van der Waals surface area contributed by atoms with Crippen molar-refractivity contribution >= 4 is 56.0 Å². The van der Waals surface area contributed by atoms with Crippen LogP contribution in [0.25, 0.3) is 22.2 Å².